The van der Waals surface area contributed by atoms with E-state index >= 15 is 0 Å². The second kappa shape index (κ2) is 9.84. The fraction of sp³-hybridized carbons (Fsp3) is 0.208. The number of carbonyl (C=O) groups excluding carboxylic acids is 1. The summed E-state index contributed by atoms with van der Waals surface area (Å²) in [5.74, 6) is 1.34. The molecule has 1 amide bonds. The number of nitrogens with zero attached hydrogens (tertiary/aromatic N) is 2. The molecular weight excluding hydrogens is 395 g/mol. The first-order valence-corrected chi connectivity index (χ1v) is 9.86. The maximum Gasteiger partial charge on any atom is 0.228 e. The molecule has 2 N–H and O–H groups in total. The van der Waals surface area contributed by atoms with Crippen LogP contribution in [0, 0.1) is 6.92 Å². The normalized spacial score (nSPS) is 11.5. The Balaban J connectivity index is 1.62. The molecule has 3 aromatic rings. The van der Waals surface area contributed by atoms with Crippen LogP contribution in [-0.4, -0.2) is 15.9 Å². The third-order valence-electron chi connectivity index (χ3n) is 4.40. The van der Waals surface area contributed by atoms with E-state index in [9.17, 15) is 9.18 Å². The molecule has 0 radical (unpaired) electrons. The molecule has 6 nitrogen and oxygen atoms in total. The molecule has 160 valence electrons. The smallest absolute Gasteiger partial charge is 0.228 e. The largest absolute Gasteiger partial charge is 0.439 e. The lowest BCUT2D eigenvalue weighted by Gasteiger charge is -2.13. The Labute approximate surface area is 181 Å². The number of anilines is 2. The predicted octanol–water partition coefficient (Wildman–Crippen LogP) is 5.73. The summed E-state index contributed by atoms with van der Waals surface area (Å²) < 4.78 is 19.6. The minimum Gasteiger partial charge on any atom is -0.439 e. The molecule has 0 aliphatic carbocycles. The van der Waals surface area contributed by atoms with E-state index in [1.165, 1.54) is 13.3 Å². The van der Waals surface area contributed by atoms with E-state index in [1.54, 1.807) is 42.5 Å². The van der Waals surface area contributed by atoms with Crippen LogP contribution in [0.1, 0.15) is 36.7 Å². The zero-order valence-electron chi connectivity index (χ0n) is 17.8. The second-order valence-corrected chi connectivity index (χ2v) is 7.32. The third-order valence-corrected chi connectivity index (χ3v) is 4.40. The molecule has 0 saturated heterocycles. The van der Waals surface area contributed by atoms with E-state index in [4.69, 9.17) is 4.74 Å². The first-order valence-electron chi connectivity index (χ1n) is 9.86. The van der Waals surface area contributed by atoms with Crippen molar-refractivity contribution in [3.8, 4) is 11.6 Å². The van der Waals surface area contributed by atoms with Crippen LogP contribution in [0.5, 0.6) is 11.6 Å². The number of allylic oxidation sites excluding steroid dienone is 1. The van der Waals surface area contributed by atoms with Gasteiger partial charge in [-0.25, -0.2) is 14.4 Å². The van der Waals surface area contributed by atoms with Gasteiger partial charge >= 0.3 is 0 Å². The zero-order chi connectivity index (χ0) is 22.4. The molecule has 1 aromatic heterocycles. The van der Waals surface area contributed by atoms with Gasteiger partial charge in [0.1, 0.15) is 24.1 Å². The molecule has 31 heavy (non-hydrogen) atoms. The Morgan fingerprint density at radius 1 is 1.13 bits per heavy atom. The molecule has 1 atom stereocenters. The van der Waals surface area contributed by atoms with Gasteiger partial charge in [0, 0.05) is 23.0 Å². The van der Waals surface area contributed by atoms with E-state index in [-0.39, 0.29) is 12.3 Å². The van der Waals surface area contributed by atoms with Gasteiger partial charge in [-0.3, -0.25) is 4.79 Å². The summed E-state index contributed by atoms with van der Waals surface area (Å²) in [6.07, 6.45) is 0.394. The van der Waals surface area contributed by atoms with Gasteiger partial charge in [-0.15, -0.1) is 0 Å². The Morgan fingerprint density at radius 2 is 1.87 bits per heavy atom. The molecular formula is C24H25FN4O2. The quantitative estimate of drug-likeness (QED) is 0.486. The molecule has 1 heterocycles. The molecule has 0 saturated carbocycles. The van der Waals surface area contributed by atoms with E-state index in [2.05, 4.69) is 27.2 Å². The van der Waals surface area contributed by atoms with Gasteiger partial charge < -0.3 is 15.4 Å². The second-order valence-electron chi connectivity index (χ2n) is 7.32. The summed E-state index contributed by atoms with van der Waals surface area (Å²) in [5, 5.41) is 5.80. The molecule has 1 unspecified atom stereocenters. The monoisotopic (exact) mass is 420 g/mol. The molecule has 3 rings (SSSR count). The number of alkyl halides is 1. The van der Waals surface area contributed by atoms with Crippen molar-refractivity contribution in [2.24, 2.45) is 0 Å². The summed E-state index contributed by atoms with van der Waals surface area (Å²) in [5.41, 5.74) is 3.47. The lowest BCUT2D eigenvalue weighted by molar-refractivity contribution is -0.115. The van der Waals surface area contributed by atoms with Crippen LogP contribution in [0.15, 0.2) is 67.1 Å². The Kier molecular flexibility index (Phi) is 6.97. The zero-order valence-corrected chi connectivity index (χ0v) is 17.8. The average molecular weight is 420 g/mol. The Hall–Kier alpha value is -3.74. The predicted molar refractivity (Wildman–Crippen MR) is 120 cm³/mol. The minimum absolute atomic E-state index is 0.161. The van der Waals surface area contributed by atoms with Crippen LogP contribution in [0.4, 0.5) is 15.9 Å². The van der Waals surface area contributed by atoms with Crippen molar-refractivity contribution >= 4 is 17.4 Å². The van der Waals surface area contributed by atoms with Crippen LogP contribution in [-0.2, 0) is 11.2 Å². The number of nitrogens with one attached hydrogen (secondary N) is 2. The van der Waals surface area contributed by atoms with Crippen molar-refractivity contribution in [2.75, 3.05) is 10.6 Å². The number of amides is 1. The molecule has 2 aromatic carbocycles. The van der Waals surface area contributed by atoms with Gasteiger partial charge in [-0.1, -0.05) is 36.4 Å². The maximum atomic E-state index is 13.9. The van der Waals surface area contributed by atoms with Gasteiger partial charge in [0.2, 0.25) is 11.8 Å². The molecule has 0 spiro atoms. The molecule has 0 bridgehead atoms. The lowest BCUT2D eigenvalue weighted by Crippen LogP contribution is -2.16. The number of aromatic nitrogens is 2. The van der Waals surface area contributed by atoms with E-state index in [1.807, 2.05) is 19.9 Å². The van der Waals surface area contributed by atoms with E-state index in [0.717, 1.165) is 16.8 Å². The number of carbonyl (C=O) groups is 1. The number of ether oxygens (including phenoxy) is 1. The Bertz CT molecular complexity index is 1080. The number of benzene rings is 2. The van der Waals surface area contributed by atoms with Gasteiger partial charge in [-0.2, -0.15) is 0 Å². The number of hydrogen-bond donors (Lipinski definition) is 2. The highest BCUT2D eigenvalue weighted by atomic mass is 19.1. The van der Waals surface area contributed by atoms with E-state index in [0.29, 0.717) is 28.7 Å². The van der Waals surface area contributed by atoms with Crippen molar-refractivity contribution in [3.63, 3.8) is 0 Å². The van der Waals surface area contributed by atoms with Crippen LogP contribution in [0.2, 0.25) is 0 Å². The fourth-order valence-electron chi connectivity index (χ4n) is 2.98. The van der Waals surface area contributed by atoms with Gasteiger partial charge in [0.15, 0.2) is 0 Å². The average Bonchev–Trinajstić information content (AvgIpc) is 2.70. The van der Waals surface area contributed by atoms with Crippen molar-refractivity contribution in [2.45, 2.75) is 33.4 Å². The molecule has 0 aliphatic rings. The van der Waals surface area contributed by atoms with Crippen LogP contribution in [0.3, 0.4) is 0 Å². The van der Waals surface area contributed by atoms with Crippen molar-refractivity contribution < 1.29 is 13.9 Å². The molecule has 7 heteroatoms. The highest BCUT2D eigenvalue weighted by Crippen LogP contribution is 2.27. The maximum absolute atomic E-state index is 13.9. The number of hydrogen-bond acceptors (Lipinski definition) is 5. The summed E-state index contributed by atoms with van der Waals surface area (Å²) >= 11 is 0. The minimum atomic E-state index is -1.17. The van der Waals surface area contributed by atoms with Gasteiger partial charge in [0.05, 0.1) is 6.42 Å². The number of aryl methyl sites for hydroxylation is 1. The van der Waals surface area contributed by atoms with Crippen molar-refractivity contribution in [1.82, 2.24) is 9.97 Å². The summed E-state index contributed by atoms with van der Waals surface area (Å²) in [7, 11) is 0. The number of rotatable bonds is 8. The number of halogens is 1. The van der Waals surface area contributed by atoms with Crippen molar-refractivity contribution in [1.29, 1.82) is 0 Å². The lowest BCUT2D eigenvalue weighted by atomic mass is 10.1. The van der Waals surface area contributed by atoms with Crippen LogP contribution >= 0.6 is 0 Å². The summed E-state index contributed by atoms with van der Waals surface area (Å²) in [6, 6.07) is 14.1. The van der Waals surface area contributed by atoms with Crippen LogP contribution in [0.25, 0.3) is 0 Å². The third kappa shape index (κ3) is 6.37. The van der Waals surface area contributed by atoms with Gasteiger partial charge in [-0.05, 0) is 44.5 Å². The SMILES string of the molecule is C=C(C)Nc1cc(Oc2ccc(CC(=O)Nc3ccc(C)cc3C(C)F)cc2)ncn1. The standard InChI is InChI=1S/C24H25FN4O2/c1-15(2)28-22-13-24(27-14-26-22)31-19-8-6-18(7-9-19)12-23(30)29-21-10-5-16(3)11-20(21)17(4)25/h5-11,13-14,17H,1,12H2,2-4H3,(H,29,30)(H,26,27,28). The van der Waals surface area contributed by atoms with E-state index < -0.39 is 6.17 Å². The highest BCUT2D eigenvalue weighted by molar-refractivity contribution is 5.93. The van der Waals surface area contributed by atoms with Gasteiger partial charge in [0.25, 0.3) is 0 Å². The fourth-order valence-corrected chi connectivity index (χ4v) is 2.98. The summed E-state index contributed by atoms with van der Waals surface area (Å²) in [6.45, 7) is 8.95. The van der Waals surface area contributed by atoms with Crippen molar-refractivity contribution in [3.05, 3.63) is 83.8 Å². The summed E-state index contributed by atoms with van der Waals surface area (Å²) in [4.78, 5) is 20.6. The Morgan fingerprint density at radius 3 is 2.55 bits per heavy atom. The highest BCUT2D eigenvalue weighted by Gasteiger charge is 2.13. The topological polar surface area (TPSA) is 76.1 Å². The molecule has 0 aliphatic heterocycles. The first kappa shape index (κ1) is 22.0. The van der Waals surface area contributed by atoms with Crippen LogP contribution < -0.4 is 15.4 Å². The first-order chi connectivity index (χ1) is 14.8. The molecule has 0 fully saturated rings.